The number of fused-ring (bicyclic) bond motifs is 1. The van der Waals surface area contributed by atoms with Crippen LogP contribution in [0.25, 0.3) is 11.3 Å². The first-order valence-corrected chi connectivity index (χ1v) is 9.42. The van der Waals surface area contributed by atoms with Crippen LogP contribution in [0.1, 0.15) is 12.2 Å². The lowest BCUT2D eigenvalue weighted by Crippen LogP contribution is -2.40. The van der Waals surface area contributed by atoms with Gasteiger partial charge in [0.05, 0.1) is 19.2 Å². The number of amides is 1. The molecule has 0 radical (unpaired) electrons. The van der Waals surface area contributed by atoms with E-state index in [2.05, 4.69) is 5.16 Å². The molecule has 2 aromatic carbocycles. The van der Waals surface area contributed by atoms with Crippen LogP contribution in [-0.4, -0.2) is 37.3 Å². The Morgan fingerprint density at radius 3 is 2.77 bits per heavy atom. The maximum absolute atomic E-state index is 12.2. The van der Waals surface area contributed by atoms with Crippen LogP contribution < -0.4 is 14.4 Å². The topological polar surface area (TPSA) is 91.1 Å². The summed E-state index contributed by atoms with van der Waals surface area (Å²) in [5.41, 5.74) is 2.15. The predicted octanol–water partition coefficient (Wildman–Crippen LogP) is 3.21. The minimum atomic E-state index is -0.436. The van der Waals surface area contributed by atoms with Crippen LogP contribution in [-0.2, 0) is 20.9 Å². The maximum Gasteiger partial charge on any atom is 0.308 e. The van der Waals surface area contributed by atoms with Crippen molar-refractivity contribution >= 4 is 17.6 Å². The zero-order chi connectivity index (χ0) is 20.9. The average molecular weight is 408 g/mol. The minimum Gasteiger partial charge on any atom is -0.497 e. The molecule has 0 saturated carbocycles. The summed E-state index contributed by atoms with van der Waals surface area (Å²) in [4.78, 5) is 25.8. The molecule has 1 aliphatic heterocycles. The molecule has 1 aliphatic rings. The fraction of sp³-hybridized carbons (Fsp3) is 0.227. The van der Waals surface area contributed by atoms with Crippen molar-refractivity contribution in [2.24, 2.45) is 0 Å². The summed E-state index contributed by atoms with van der Waals surface area (Å²) in [6, 6.07) is 16.3. The lowest BCUT2D eigenvalue weighted by atomic mass is 10.1. The van der Waals surface area contributed by atoms with Crippen molar-refractivity contribution in [2.45, 2.75) is 13.0 Å². The Morgan fingerprint density at radius 2 is 1.97 bits per heavy atom. The first-order chi connectivity index (χ1) is 14.6. The third kappa shape index (κ3) is 4.27. The Hall–Kier alpha value is -3.81. The van der Waals surface area contributed by atoms with Crippen LogP contribution in [0, 0.1) is 0 Å². The number of hydrogen-bond acceptors (Lipinski definition) is 7. The van der Waals surface area contributed by atoms with Gasteiger partial charge in [0, 0.05) is 18.2 Å². The highest BCUT2D eigenvalue weighted by Gasteiger charge is 2.25. The van der Waals surface area contributed by atoms with Crippen molar-refractivity contribution in [2.75, 3.05) is 25.2 Å². The van der Waals surface area contributed by atoms with E-state index in [1.807, 2.05) is 36.4 Å². The van der Waals surface area contributed by atoms with Gasteiger partial charge in [-0.15, -0.1) is 0 Å². The van der Waals surface area contributed by atoms with Gasteiger partial charge in [-0.05, 0) is 36.4 Å². The highest BCUT2D eigenvalue weighted by molar-refractivity contribution is 5.98. The van der Waals surface area contributed by atoms with Crippen molar-refractivity contribution in [1.82, 2.24) is 5.16 Å². The van der Waals surface area contributed by atoms with Gasteiger partial charge in [-0.25, -0.2) is 0 Å². The van der Waals surface area contributed by atoms with E-state index in [-0.39, 0.29) is 32.1 Å². The number of ether oxygens (including phenoxy) is 3. The average Bonchev–Trinajstić information content (AvgIpc) is 3.26. The fourth-order valence-electron chi connectivity index (χ4n) is 3.10. The molecule has 154 valence electrons. The number of aromatic nitrogens is 1. The molecule has 0 aliphatic carbocycles. The van der Waals surface area contributed by atoms with E-state index in [9.17, 15) is 9.59 Å². The van der Waals surface area contributed by atoms with E-state index < -0.39 is 5.97 Å². The van der Waals surface area contributed by atoms with Gasteiger partial charge in [-0.3, -0.25) is 9.59 Å². The number of carbonyl (C=O) groups excluding carboxylic acids is 2. The summed E-state index contributed by atoms with van der Waals surface area (Å²) in [5, 5.41) is 4.00. The highest BCUT2D eigenvalue weighted by atomic mass is 16.5. The number of para-hydroxylation sites is 2. The minimum absolute atomic E-state index is 0.0321. The third-order valence-corrected chi connectivity index (χ3v) is 4.67. The molecule has 1 aromatic heterocycles. The van der Waals surface area contributed by atoms with Crippen LogP contribution in [0.4, 0.5) is 5.69 Å². The van der Waals surface area contributed by atoms with Gasteiger partial charge in [0.25, 0.3) is 5.91 Å². The van der Waals surface area contributed by atoms with E-state index >= 15 is 0 Å². The van der Waals surface area contributed by atoms with Gasteiger partial charge in [0.2, 0.25) is 0 Å². The summed E-state index contributed by atoms with van der Waals surface area (Å²) in [5.74, 6) is 1.17. The lowest BCUT2D eigenvalue weighted by molar-refractivity contribution is -0.145. The van der Waals surface area contributed by atoms with E-state index in [4.69, 9.17) is 18.7 Å². The second-order valence-electron chi connectivity index (χ2n) is 6.62. The van der Waals surface area contributed by atoms with Crippen LogP contribution in [0.3, 0.4) is 0 Å². The van der Waals surface area contributed by atoms with Crippen LogP contribution >= 0.6 is 0 Å². The van der Waals surface area contributed by atoms with Gasteiger partial charge in [0.15, 0.2) is 19.0 Å². The van der Waals surface area contributed by atoms with Crippen LogP contribution in [0.2, 0.25) is 0 Å². The molecule has 2 heterocycles. The number of methoxy groups -OCH3 is 1. The fourth-order valence-corrected chi connectivity index (χ4v) is 3.10. The SMILES string of the molecule is COc1ccc(-c2cc(COC(=O)CCN3C(=O)COc4ccccc43)on2)cc1. The lowest BCUT2D eigenvalue weighted by Gasteiger charge is -2.28. The molecule has 0 bridgehead atoms. The van der Waals surface area contributed by atoms with Gasteiger partial charge in [-0.2, -0.15) is 0 Å². The van der Waals surface area contributed by atoms with Crippen molar-refractivity contribution in [1.29, 1.82) is 0 Å². The summed E-state index contributed by atoms with van der Waals surface area (Å²) >= 11 is 0. The summed E-state index contributed by atoms with van der Waals surface area (Å²) in [7, 11) is 1.60. The summed E-state index contributed by atoms with van der Waals surface area (Å²) in [6.07, 6.45) is 0.0551. The van der Waals surface area contributed by atoms with Crippen LogP contribution in [0.5, 0.6) is 11.5 Å². The molecule has 30 heavy (non-hydrogen) atoms. The summed E-state index contributed by atoms with van der Waals surface area (Å²) < 4.78 is 21.0. The number of esters is 1. The van der Waals surface area contributed by atoms with E-state index in [1.54, 1.807) is 25.3 Å². The molecule has 8 nitrogen and oxygen atoms in total. The molecule has 0 saturated heterocycles. The zero-order valence-electron chi connectivity index (χ0n) is 16.4. The second-order valence-corrected chi connectivity index (χ2v) is 6.62. The summed E-state index contributed by atoms with van der Waals surface area (Å²) in [6.45, 7) is 0.138. The number of hydrogen-bond donors (Lipinski definition) is 0. The van der Waals surface area contributed by atoms with Gasteiger partial charge < -0.3 is 23.6 Å². The molecule has 4 rings (SSSR count). The monoisotopic (exact) mass is 408 g/mol. The predicted molar refractivity (Wildman–Crippen MR) is 107 cm³/mol. The Labute approximate surface area is 172 Å². The number of carbonyl (C=O) groups is 2. The van der Waals surface area contributed by atoms with Crippen LogP contribution in [0.15, 0.2) is 59.1 Å². The maximum atomic E-state index is 12.2. The molecule has 0 atom stereocenters. The Kier molecular flexibility index (Phi) is 5.65. The number of rotatable bonds is 7. The molecule has 8 heteroatoms. The van der Waals surface area contributed by atoms with E-state index in [1.165, 1.54) is 4.90 Å². The number of benzene rings is 2. The van der Waals surface area contributed by atoms with Gasteiger partial charge >= 0.3 is 5.97 Å². The smallest absolute Gasteiger partial charge is 0.308 e. The largest absolute Gasteiger partial charge is 0.497 e. The molecule has 0 unspecified atom stereocenters. The Bertz CT molecular complexity index is 1040. The second kappa shape index (κ2) is 8.69. The zero-order valence-corrected chi connectivity index (χ0v) is 16.4. The number of nitrogens with zero attached hydrogens (tertiary/aromatic N) is 2. The Morgan fingerprint density at radius 1 is 1.17 bits per heavy atom. The molecule has 0 N–H and O–H groups in total. The quantitative estimate of drug-likeness (QED) is 0.555. The molecular weight excluding hydrogens is 388 g/mol. The molecule has 0 fully saturated rings. The molecule has 3 aromatic rings. The third-order valence-electron chi connectivity index (χ3n) is 4.67. The van der Waals surface area contributed by atoms with Gasteiger partial charge in [0.1, 0.15) is 17.2 Å². The van der Waals surface area contributed by atoms with Crippen molar-refractivity contribution in [3.05, 3.63) is 60.4 Å². The normalized spacial score (nSPS) is 12.8. The van der Waals surface area contributed by atoms with E-state index in [0.29, 0.717) is 22.9 Å². The Balaban J connectivity index is 1.30. The molecule has 1 amide bonds. The van der Waals surface area contributed by atoms with E-state index in [0.717, 1.165) is 11.3 Å². The van der Waals surface area contributed by atoms with Crippen molar-refractivity contribution in [3.63, 3.8) is 0 Å². The number of anilines is 1. The highest BCUT2D eigenvalue weighted by Crippen LogP contribution is 2.31. The van der Waals surface area contributed by atoms with Gasteiger partial charge in [-0.1, -0.05) is 17.3 Å². The van der Waals surface area contributed by atoms with Crippen molar-refractivity contribution < 1.29 is 28.3 Å². The molecular formula is C22H20N2O6. The first kappa shape index (κ1) is 19.5. The van der Waals surface area contributed by atoms with Crippen molar-refractivity contribution in [3.8, 4) is 22.8 Å². The first-order valence-electron chi connectivity index (χ1n) is 9.42. The molecule has 0 spiro atoms. The standard InChI is InChI=1S/C22H20N2O6/c1-27-16-8-6-15(7-9-16)18-12-17(30-23-18)13-29-22(26)10-11-24-19-4-2-3-5-20(19)28-14-21(24)25/h2-9,12H,10-11,13-14H2,1H3.